The summed E-state index contributed by atoms with van der Waals surface area (Å²) in [5, 5.41) is 6.16. The van der Waals surface area contributed by atoms with Crippen LogP contribution >= 0.6 is 0 Å². The topological polar surface area (TPSA) is 70.7 Å². The van der Waals surface area contributed by atoms with Gasteiger partial charge in [-0.05, 0) is 24.8 Å². The molecule has 3 fully saturated rings. The lowest BCUT2D eigenvalue weighted by molar-refractivity contribution is -0.127. The van der Waals surface area contributed by atoms with Crippen molar-refractivity contribution in [3.05, 3.63) is 35.9 Å². The Balaban J connectivity index is 1.30. The van der Waals surface area contributed by atoms with Crippen LogP contribution in [0, 0.1) is 5.92 Å². The van der Waals surface area contributed by atoms with Gasteiger partial charge in [-0.15, -0.1) is 0 Å². The van der Waals surface area contributed by atoms with Crippen molar-refractivity contribution >= 4 is 11.9 Å². The molecule has 140 valence electrons. The summed E-state index contributed by atoms with van der Waals surface area (Å²) < 4.78 is 5.95. The Morgan fingerprint density at radius 2 is 1.88 bits per heavy atom. The van der Waals surface area contributed by atoms with Crippen LogP contribution in [0.1, 0.15) is 37.7 Å². The number of rotatable bonds is 4. The van der Waals surface area contributed by atoms with Gasteiger partial charge in [0.25, 0.3) is 0 Å². The largest absolute Gasteiger partial charge is 0.370 e. The third-order valence-corrected chi connectivity index (χ3v) is 5.77. The van der Waals surface area contributed by atoms with Crippen LogP contribution in [-0.4, -0.2) is 48.2 Å². The van der Waals surface area contributed by atoms with Crippen molar-refractivity contribution in [1.82, 2.24) is 15.5 Å². The predicted octanol–water partition coefficient (Wildman–Crippen LogP) is 2.04. The smallest absolute Gasteiger partial charge is 0.317 e. The summed E-state index contributed by atoms with van der Waals surface area (Å²) in [4.78, 5) is 27.0. The zero-order valence-corrected chi connectivity index (χ0v) is 15.0. The van der Waals surface area contributed by atoms with Gasteiger partial charge in [0, 0.05) is 25.7 Å². The summed E-state index contributed by atoms with van der Waals surface area (Å²) in [5.41, 5.74) is 1.08. The van der Waals surface area contributed by atoms with E-state index in [1.54, 1.807) is 0 Å². The Hall–Kier alpha value is -2.08. The number of fused-ring (bicyclic) bond motifs is 2. The van der Waals surface area contributed by atoms with Crippen molar-refractivity contribution in [3.8, 4) is 0 Å². The number of morpholine rings is 1. The van der Waals surface area contributed by atoms with Gasteiger partial charge >= 0.3 is 6.03 Å². The molecule has 1 aliphatic carbocycles. The molecule has 0 unspecified atom stereocenters. The second-order valence-electron chi connectivity index (χ2n) is 7.68. The lowest BCUT2D eigenvalue weighted by atomic mass is 9.99. The molecule has 2 heterocycles. The van der Waals surface area contributed by atoms with E-state index in [1.165, 1.54) is 12.8 Å². The first-order chi connectivity index (χ1) is 12.7. The number of urea groups is 1. The molecule has 4 rings (SSSR count). The molecular weight excluding hydrogens is 330 g/mol. The second kappa shape index (κ2) is 7.66. The molecule has 1 aromatic carbocycles. The first kappa shape index (κ1) is 17.3. The lowest BCUT2D eigenvalue weighted by Gasteiger charge is -2.33. The average Bonchev–Trinajstić information content (AvgIpc) is 3.27. The third kappa shape index (κ3) is 3.85. The van der Waals surface area contributed by atoms with E-state index < -0.39 is 0 Å². The fraction of sp³-hybridized carbons (Fsp3) is 0.600. The Bertz CT molecular complexity index is 645. The first-order valence-electron chi connectivity index (χ1n) is 9.71. The summed E-state index contributed by atoms with van der Waals surface area (Å²) in [6.07, 6.45) is 5.01. The zero-order valence-electron chi connectivity index (χ0n) is 15.0. The van der Waals surface area contributed by atoms with Crippen LogP contribution in [0.25, 0.3) is 0 Å². The maximum atomic E-state index is 12.6. The molecular formula is C20H27N3O3. The van der Waals surface area contributed by atoms with Gasteiger partial charge in [0.05, 0.1) is 18.1 Å². The van der Waals surface area contributed by atoms with Gasteiger partial charge in [0.2, 0.25) is 5.91 Å². The maximum absolute atomic E-state index is 12.6. The molecule has 6 heteroatoms. The number of nitrogens with one attached hydrogen (secondary N) is 2. The summed E-state index contributed by atoms with van der Waals surface area (Å²) in [6, 6.07) is 10.2. The molecule has 26 heavy (non-hydrogen) atoms. The molecule has 1 aromatic rings. The number of hydrogen-bond donors (Lipinski definition) is 2. The van der Waals surface area contributed by atoms with Crippen molar-refractivity contribution in [1.29, 1.82) is 0 Å². The highest BCUT2D eigenvalue weighted by Crippen LogP contribution is 2.32. The van der Waals surface area contributed by atoms with E-state index in [1.807, 2.05) is 35.2 Å². The molecule has 3 amide bonds. The highest BCUT2D eigenvalue weighted by Gasteiger charge is 2.45. The fourth-order valence-electron chi connectivity index (χ4n) is 4.35. The molecule has 3 atom stereocenters. The molecule has 0 radical (unpaired) electrons. The van der Waals surface area contributed by atoms with Crippen LogP contribution in [-0.2, 0) is 16.1 Å². The highest BCUT2D eigenvalue weighted by molar-refractivity contribution is 5.80. The molecule has 0 aromatic heterocycles. The number of amides is 3. The maximum Gasteiger partial charge on any atom is 0.317 e. The first-order valence-corrected chi connectivity index (χ1v) is 9.71. The van der Waals surface area contributed by atoms with Gasteiger partial charge in [-0.2, -0.15) is 0 Å². The minimum absolute atomic E-state index is 0.000503. The van der Waals surface area contributed by atoms with E-state index in [4.69, 9.17) is 4.74 Å². The average molecular weight is 357 g/mol. The summed E-state index contributed by atoms with van der Waals surface area (Å²) >= 11 is 0. The summed E-state index contributed by atoms with van der Waals surface area (Å²) in [6.45, 7) is 1.61. The number of carbonyl (C=O) groups excluding carboxylic acids is 2. The van der Waals surface area contributed by atoms with Crippen molar-refractivity contribution in [2.45, 2.75) is 56.9 Å². The SMILES string of the molecule is O=C(NCc1ccccc1)[C@H]1C[C@H]2CN(C(=O)NC3CCCC3)C[C@@H]1O2. The van der Waals surface area contributed by atoms with Crippen LogP contribution in [0.3, 0.4) is 0 Å². The van der Waals surface area contributed by atoms with Crippen LogP contribution in [0.4, 0.5) is 4.79 Å². The fourth-order valence-corrected chi connectivity index (χ4v) is 4.35. The molecule has 1 saturated carbocycles. The van der Waals surface area contributed by atoms with Crippen molar-refractivity contribution in [3.63, 3.8) is 0 Å². The van der Waals surface area contributed by atoms with Crippen molar-refractivity contribution in [2.24, 2.45) is 5.92 Å². The highest BCUT2D eigenvalue weighted by atomic mass is 16.5. The van der Waals surface area contributed by atoms with Crippen LogP contribution in [0.2, 0.25) is 0 Å². The summed E-state index contributed by atoms with van der Waals surface area (Å²) in [5.74, 6) is -0.146. The Kier molecular flexibility index (Phi) is 5.11. The minimum atomic E-state index is -0.196. The molecule has 2 saturated heterocycles. The Labute approximate surface area is 154 Å². The van der Waals surface area contributed by atoms with E-state index in [2.05, 4.69) is 10.6 Å². The predicted molar refractivity (Wildman–Crippen MR) is 97.4 cm³/mol. The van der Waals surface area contributed by atoms with Crippen molar-refractivity contribution < 1.29 is 14.3 Å². The van der Waals surface area contributed by atoms with Gasteiger partial charge < -0.3 is 20.3 Å². The second-order valence-corrected chi connectivity index (χ2v) is 7.68. The van der Waals surface area contributed by atoms with Gasteiger partial charge in [-0.3, -0.25) is 4.79 Å². The van der Waals surface area contributed by atoms with Crippen LogP contribution < -0.4 is 10.6 Å². The number of nitrogens with zero attached hydrogens (tertiary/aromatic N) is 1. The standard InChI is InChI=1S/C20H27N3O3/c24-19(21-11-14-6-2-1-3-7-14)17-10-16-12-23(13-18(17)26-16)20(25)22-15-8-4-5-9-15/h1-3,6-7,15-18H,4-5,8-13H2,(H,21,24)(H,22,25)/t16-,17-,18-/m0/s1. The van der Waals surface area contributed by atoms with E-state index in [0.717, 1.165) is 18.4 Å². The summed E-state index contributed by atoms with van der Waals surface area (Å²) in [7, 11) is 0. The quantitative estimate of drug-likeness (QED) is 0.866. The van der Waals surface area contributed by atoms with Crippen molar-refractivity contribution in [2.75, 3.05) is 13.1 Å². The van der Waals surface area contributed by atoms with E-state index in [-0.39, 0.29) is 30.1 Å². The molecule has 3 aliphatic rings. The van der Waals surface area contributed by atoms with E-state index >= 15 is 0 Å². The number of carbonyl (C=O) groups is 2. The lowest BCUT2D eigenvalue weighted by Crippen LogP contribution is -2.52. The third-order valence-electron chi connectivity index (χ3n) is 5.77. The number of benzene rings is 1. The monoisotopic (exact) mass is 357 g/mol. The van der Waals surface area contributed by atoms with Gasteiger partial charge in [0.1, 0.15) is 0 Å². The normalized spacial score (nSPS) is 28.2. The number of hydrogen-bond acceptors (Lipinski definition) is 3. The molecule has 2 aliphatic heterocycles. The van der Waals surface area contributed by atoms with Gasteiger partial charge in [-0.25, -0.2) is 4.79 Å². The van der Waals surface area contributed by atoms with E-state index in [9.17, 15) is 9.59 Å². The van der Waals surface area contributed by atoms with Crippen LogP contribution in [0.5, 0.6) is 0 Å². The Morgan fingerprint density at radius 1 is 1.12 bits per heavy atom. The minimum Gasteiger partial charge on any atom is -0.370 e. The Morgan fingerprint density at radius 3 is 2.65 bits per heavy atom. The molecule has 0 spiro atoms. The number of likely N-dealkylation sites (tertiary alicyclic amines) is 1. The zero-order chi connectivity index (χ0) is 17.9. The molecule has 2 bridgehead atoms. The number of ether oxygens (including phenoxy) is 1. The van der Waals surface area contributed by atoms with Gasteiger partial charge in [0.15, 0.2) is 0 Å². The van der Waals surface area contributed by atoms with E-state index in [0.29, 0.717) is 32.1 Å². The van der Waals surface area contributed by atoms with Crippen LogP contribution in [0.15, 0.2) is 30.3 Å². The van der Waals surface area contributed by atoms with Gasteiger partial charge in [-0.1, -0.05) is 43.2 Å². The molecule has 6 nitrogen and oxygen atoms in total. The molecule has 2 N–H and O–H groups in total.